The molecule has 27 heavy (non-hydrogen) atoms. The van der Waals surface area contributed by atoms with E-state index < -0.39 is 6.10 Å². The highest BCUT2D eigenvalue weighted by Crippen LogP contribution is 2.14. The third-order valence-corrected chi connectivity index (χ3v) is 4.57. The summed E-state index contributed by atoms with van der Waals surface area (Å²) in [5.74, 6) is 1.39. The van der Waals surface area contributed by atoms with E-state index >= 15 is 0 Å². The number of ether oxygens (including phenoxy) is 2. The first-order chi connectivity index (χ1) is 13.3. The lowest BCUT2D eigenvalue weighted by Crippen LogP contribution is -2.38. The minimum absolute atomic E-state index is 0.379. The summed E-state index contributed by atoms with van der Waals surface area (Å²) in [5, 5.41) is 16.7. The molecule has 0 radical (unpaired) electrons. The second kappa shape index (κ2) is 13.5. The van der Waals surface area contributed by atoms with Crippen LogP contribution in [0.15, 0.2) is 35.3 Å². The highest BCUT2D eigenvalue weighted by molar-refractivity contribution is 5.79. The highest BCUT2D eigenvalue weighted by atomic mass is 16.5. The van der Waals surface area contributed by atoms with Crippen molar-refractivity contribution in [2.75, 3.05) is 46.1 Å². The van der Waals surface area contributed by atoms with Crippen LogP contribution >= 0.6 is 0 Å². The minimum atomic E-state index is -0.481. The van der Waals surface area contributed by atoms with Crippen molar-refractivity contribution in [2.24, 2.45) is 10.9 Å². The number of hydrogen-bond acceptors (Lipinski definition) is 4. The Morgan fingerprint density at radius 3 is 2.78 bits per heavy atom. The summed E-state index contributed by atoms with van der Waals surface area (Å²) in [7, 11) is 0. The smallest absolute Gasteiger partial charge is 0.191 e. The van der Waals surface area contributed by atoms with Gasteiger partial charge in [-0.25, -0.2) is 0 Å². The van der Waals surface area contributed by atoms with E-state index in [0.29, 0.717) is 18.9 Å². The number of aliphatic imine (C=N–C) groups is 1. The molecule has 2 rings (SSSR count). The van der Waals surface area contributed by atoms with Crippen LogP contribution in [0.5, 0.6) is 0 Å². The molecule has 1 saturated heterocycles. The van der Waals surface area contributed by atoms with E-state index in [0.717, 1.165) is 70.3 Å². The van der Waals surface area contributed by atoms with Gasteiger partial charge in [-0.1, -0.05) is 30.3 Å². The van der Waals surface area contributed by atoms with Gasteiger partial charge in [0.2, 0.25) is 0 Å². The van der Waals surface area contributed by atoms with E-state index in [9.17, 15) is 5.11 Å². The molecule has 1 unspecified atom stereocenters. The van der Waals surface area contributed by atoms with Crippen molar-refractivity contribution in [1.29, 1.82) is 0 Å². The molecule has 1 atom stereocenters. The molecule has 6 heteroatoms. The minimum Gasteiger partial charge on any atom is -0.391 e. The molecule has 0 spiro atoms. The van der Waals surface area contributed by atoms with Crippen LogP contribution < -0.4 is 10.6 Å². The Balaban J connectivity index is 1.59. The quantitative estimate of drug-likeness (QED) is 0.312. The zero-order chi connectivity index (χ0) is 19.2. The van der Waals surface area contributed by atoms with Gasteiger partial charge in [-0.2, -0.15) is 0 Å². The van der Waals surface area contributed by atoms with Gasteiger partial charge < -0.3 is 25.2 Å². The fraction of sp³-hybridized carbons (Fsp3) is 0.667. The first-order valence-corrected chi connectivity index (χ1v) is 10.2. The lowest BCUT2D eigenvalue weighted by Gasteiger charge is -2.21. The van der Waals surface area contributed by atoms with E-state index in [1.807, 2.05) is 37.3 Å². The van der Waals surface area contributed by atoms with Gasteiger partial charge in [0.25, 0.3) is 0 Å². The number of hydrogen-bond donors (Lipinski definition) is 3. The van der Waals surface area contributed by atoms with E-state index in [1.165, 1.54) is 0 Å². The van der Waals surface area contributed by atoms with Crippen LogP contribution in [0.2, 0.25) is 0 Å². The molecule has 6 nitrogen and oxygen atoms in total. The summed E-state index contributed by atoms with van der Waals surface area (Å²) >= 11 is 0. The first-order valence-electron chi connectivity index (χ1n) is 10.2. The van der Waals surface area contributed by atoms with E-state index in [2.05, 4.69) is 15.6 Å². The Kier molecular flexibility index (Phi) is 10.9. The van der Waals surface area contributed by atoms with Gasteiger partial charge in [0.05, 0.1) is 12.6 Å². The Bertz CT molecular complexity index is 519. The summed E-state index contributed by atoms with van der Waals surface area (Å²) in [5.41, 5.74) is 1.12. The molecule has 1 aromatic rings. The number of nitrogens with zero attached hydrogens (tertiary/aromatic N) is 1. The number of guanidine groups is 1. The van der Waals surface area contributed by atoms with Crippen molar-refractivity contribution >= 4 is 5.96 Å². The Morgan fingerprint density at radius 1 is 1.26 bits per heavy atom. The Labute approximate surface area is 163 Å². The maximum Gasteiger partial charge on any atom is 0.191 e. The molecule has 1 aliphatic heterocycles. The highest BCUT2D eigenvalue weighted by Gasteiger charge is 2.13. The van der Waals surface area contributed by atoms with E-state index in [-0.39, 0.29) is 0 Å². The molecule has 0 amide bonds. The zero-order valence-corrected chi connectivity index (χ0v) is 16.5. The largest absolute Gasteiger partial charge is 0.391 e. The number of aliphatic hydroxyl groups is 1. The lowest BCUT2D eigenvalue weighted by molar-refractivity contribution is 0.0203. The Morgan fingerprint density at radius 2 is 2.04 bits per heavy atom. The fourth-order valence-corrected chi connectivity index (χ4v) is 3.03. The summed E-state index contributed by atoms with van der Waals surface area (Å²) in [6, 6.07) is 10.0. The van der Waals surface area contributed by atoms with Crippen molar-refractivity contribution < 1.29 is 14.6 Å². The maximum atomic E-state index is 10.2. The first kappa shape index (κ1) is 21.7. The molecule has 1 aliphatic rings. The number of nitrogens with one attached hydrogen (secondary N) is 2. The van der Waals surface area contributed by atoms with Gasteiger partial charge in [-0.3, -0.25) is 4.99 Å². The standard InChI is InChI=1S/C21H35N3O3/c1-2-22-21(24-16-20(25)15-18-7-4-3-5-8-18)23-11-6-12-27-17-19-9-13-26-14-10-19/h3-5,7-8,19-20,25H,2,6,9-17H2,1H3,(H2,22,23,24). The van der Waals surface area contributed by atoms with Crippen LogP contribution in [-0.4, -0.2) is 63.2 Å². The summed E-state index contributed by atoms with van der Waals surface area (Å²) < 4.78 is 11.1. The monoisotopic (exact) mass is 377 g/mol. The maximum absolute atomic E-state index is 10.2. The number of rotatable bonds is 11. The van der Waals surface area contributed by atoms with Crippen LogP contribution in [0.4, 0.5) is 0 Å². The molecule has 3 N–H and O–H groups in total. The van der Waals surface area contributed by atoms with Crippen LogP contribution in [0.3, 0.4) is 0 Å². The van der Waals surface area contributed by atoms with Crippen LogP contribution in [0.1, 0.15) is 31.7 Å². The zero-order valence-electron chi connectivity index (χ0n) is 16.5. The molecule has 0 aromatic heterocycles. The van der Waals surface area contributed by atoms with Gasteiger partial charge in [-0.15, -0.1) is 0 Å². The second-order valence-electron chi connectivity index (χ2n) is 6.97. The molecule has 1 heterocycles. The lowest BCUT2D eigenvalue weighted by atomic mass is 10.0. The van der Waals surface area contributed by atoms with Crippen LogP contribution in [0.25, 0.3) is 0 Å². The SMILES string of the molecule is CCNC(=NCC(O)Cc1ccccc1)NCCCOCC1CCOCC1. The van der Waals surface area contributed by atoms with Gasteiger partial charge in [0.1, 0.15) is 0 Å². The molecular weight excluding hydrogens is 342 g/mol. The van der Waals surface area contributed by atoms with Gasteiger partial charge in [0, 0.05) is 45.9 Å². The average Bonchev–Trinajstić information content (AvgIpc) is 2.70. The van der Waals surface area contributed by atoms with E-state index in [1.54, 1.807) is 0 Å². The second-order valence-corrected chi connectivity index (χ2v) is 6.97. The molecule has 0 bridgehead atoms. The number of aliphatic hydroxyl groups excluding tert-OH is 1. The number of benzene rings is 1. The average molecular weight is 378 g/mol. The predicted octanol–water partition coefficient (Wildman–Crippen LogP) is 1.98. The topological polar surface area (TPSA) is 75.1 Å². The molecule has 152 valence electrons. The van der Waals surface area contributed by atoms with Crippen molar-refractivity contribution in [1.82, 2.24) is 10.6 Å². The van der Waals surface area contributed by atoms with Crippen LogP contribution in [-0.2, 0) is 15.9 Å². The molecule has 0 aliphatic carbocycles. The predicted molar refractivity (Wildman–Crippen MR) is 109 cm³/mol. The summed E-state index contributed by atoms with van der Waals surface area (Å²) in [4.78, 5) is 4.49. The van der Waals surface area contributed by atoms with Crippen molar-refractivity contribution in [3.05, 3.63) is 35.9 Å². The molecule has 0 saturated carbocycles. The third kappa shape index (κ3) is 9.75. The van der Waals surface area contributed by atoms with E-state index in [4.69, 9.17) is 9.47 Å². The molecule has 1 aromatic carbocycles. The summed E-state index contributed by atoms with van der Waals surface area (Å²) in [6.07, 6.45) is 3.29. The summed E-state index contributed by atoms with van der Waals surface area (Å²) in [6.45, 7) is 7.33. The van der Waals surface area contributed by atoms with Gasteiger partial charge in [0.15, 0.2) is 5.96 Å². The van der Waals surface area contributed by atoms with Crippen molar-refractivity contribution in [3.8, 4) is 0 Å². The third-order valence-electron chi connectivity index (χ3n) is 4.57. The van der Waals surface area contributed by atoms with Gasteiger partial charge >= 0.3 is 0 Å². The Hall–Kier alpha value is -1.63. The molecular formula is C21H35N3O3. The van der Waals surface area contributed by atoms with Gasteiger partial charge in [-0.05, 0) is 37.7 Å². The normalized spacial score (nSPS) is 16.9. The van der Waals surface area contributed by atoms with Crippen molar-refractivity contribution in [2.45, 2.75) is 38.7 Å². The van der Waals surface area contributed by atoms with Crippen LogP contribution in [0, 0.1) is 5.92 Å². The molecule has 1 fully saturated rings. The van der Waals surface area contributed by atoms with Crippen molar-refractivity contribution in [3.63, 3.8) is 0 Å². The fourth-order valence-electron chi connectivity index (χ4n) is 3.03.